The van der Waals surface area contributed by atoms with Gasteiger partial charge in [0, 0.05) is 46.6 Å². The highest BCUT2D eigenvalue weighted by molar-refractivity contribution is 5.93. The number of rotatable bonds is 9. The number of β-amino-alcohol motifs (C(OH)–C–C–N with tert-alkyl or cyclic N) is 1. The molecule has 3 rings (SSSR count). The quantitative estimate of drug-likeness (QED) is 0.623. The van der Waals surface area contributed by atoms with Crippen LogP contribution in [0.5, 0.6) is 11.5 Å². The largest absolute Gasteiger partial charge is 0.493 e. The minimum atomic E-state index is -3.05. The van der Waals surface area contributed by atoms with E-state index in [0.29, 0.717) is 13.1 Å². The van der Waals surface area contributed by atoms with Crippen molar-refractivity contribution in [2.45, 2.75) is 19.8 Å². The Kier molecular flexibility index (Phi) is 4.06. The Balaban J connectivity index is 1.62. The van der Waals surface area contributed by atoms with E-state index < -0.39 is 74.3 Å². The lowest BCUT2D eigenvalue weighted by Gasteiger charge is -2.35. The standard InChI is InChI=1S/C24H33N3O4/c1-18-7-6-8-19(2)24(18)25-23(29)16-27-13-11-26(12-14-27)15-20(28)17-31-22-10-5-4-9-21(22)30-3/h4-10,20,28H,11-17H2,1-3H3,(H,25,29)/i1D3,2D3,3D3,6D,7D,8D,20D. The Labute approximate surface area is 202 Å². The highest BCUT2D eigenvalue weighted by atomic mass is 16.5. The second-order valence-corrected chi connectivity index (χ2v) is 7.00. The second kappa shape index (κ2) is 11.1. The van der Waals surface area contributed by atoms with E-state index in [1.807, 2.05) is 0 Å². The van der Waals surface area contributed by atoms with Gasteiger partial charge in [-0.2, -0.15) is 0 Å². The number of hydrogen-bond acceptors (Lipinski definition) is 6. The molecule has 7 nitrogen and oxygen atoms in total. The fourth-order valence-corrected chi connectivity index (χ4v) is 3.14. The van der Waals surface area contributed by atoms with Crippen molar-refractivity contribution in [2.24, 2.45) is 0 Å². The van der Waals surface area contributed by atoms with Crippen LogP contribution in [0.3, 0.4) is 0 Å². The molecular formula is C24H33N3O4. The third-order valence-electron chi connectivity index (χ3n) is 4.73. The number of hydrogen-bond donors (Lipinski definition) is 2. The Bertz CT molecular complexity index is 1300. The molecule has 0 aromatic heterocycles. The van der Waals surface area contributed by atoms with Gasteiger partial charge in [-0.3, -0.25) is 14.6 Å². The number of para-hydroxylation sites is 3. The van der Waals surface area contributed by atoms with Crippen LogP contribution in [0.25, 0.3) is 0 Å². The number of ether oxygens (including phenoxy) is 2. The summed E-state index contributed by atoms with van der Waals surface area (Å²) >= 11 is 0. The molecule has 1 aliphatic heterocycles. The summed E-state index contributed by atoms with van der Waals surface area (Å²) in [5.74, 6) is -0.809. The first-order valence-electron chi connectivity index (χ1n) is 16.1. The molecule has 31 heavy (non-hydrogen) atoms. The van der Waals surface area contributed by atoms with Crippen molar-refractivity contribution >= 4 is 11.6 Å². The maximum absolute atomic E-state index is 13.0. The van der Waals surface area contributed by atoms with Crippen LogP contribution in [-0.2, 0) is 4.79 Å². The van der Waals surface area contributed by atoms with Gasteiger partial charge in [0.05, 0.1) is 23.2 Å². The second-order valence-electron chi connectivity index (χ2n) is 7.00. The summed E-state index contributed by atoms with van der Waals surface area (Å²) in [5.41, 5.74) is -2.34. The number of amides is 1. The minimum Gasteiger partial charge on any atom is -0.493 e. The molecule has 1 atom stereocenters. The van der Waals surface area contributed by atoms with Crippen LogP contribution in [0.15, 0.2) is 42.4 Å². The van der Waals surface area contributed by atoms with Crippen LogP contribution in [0, 0.1) is 13.7 Å². The van der Waals surface area contributed by atoms with Gasteiger partial charge < -0.3 is 19.9 Å². The number of nitrogens with zero attached hydrogens (tertiary/aromatic N) is 2. The number of methoxy groups -OCH3 is 1. The molecule has 2 aromatic carbocycles. The lowest BCUT2D eigenvalue weighted by molar-refractivity contribution is -0.117. The number of carbonyl (C=O) groups is 1. The smallest absolute Gasteiger partial charge is 0.238 e. The van der Waals surface area contributed by atoms with Crippen molar-refractivity contribution in [3.8, 4) is 11.5 Å². The number of piperazine rings is 1. The predicted octanol–water partition coefficient (Wildman–Crippen LogP) is 2.31. The van der Waals surface area contributed by atoms with Gasteiger partial charge >= 0.3 is 0 Å². The summed E-state index contributed by atoms with van der Waals surface area (Å²) in [7, 11) is -2.72. The number of nitrogens with one attached hydrogen (secondary N) is 1. The average Bonchev–Trinajstić information content (AvgIpc) is 2.85. The molecule has 2 aromatic rings. The lowest BCUT2D eigenvalue weighted by Crippen LogP contribution is -2.50. The van der Waals surface area contributed by atoms with Crippen molar-refractivity contribution in [3.05, 3.63) is 53.5 Å². The number of anilines is 1. The lowest BCUT2D eigenvalue weighted by atomic mass is 10.1. The Morgan fingerprint density at radius 2 is 1.87 bits per heavy atom. The van der Waals surface area contributed by atoms with E-state index in [-0.39, 0.29) is 37.7 Å². The van der Waals surface area contributed by atoms with E-state index in [2.05, 4.69) is 5.32 Å². The maximum atomic E-state index is 13.0. The molecule has 2 N–H and O–H groups in total. The molecule has 0 spiro atoms. The average molecular weight is 441 g/mol. The molecule has 168 valence electrons. The summed E-state index contributed by atoms with van der Waals surface area (Å²) in [4.78, 5) is 16.4. The summed E-state index contributed by atoms with van der Waals surface area (Å²) in [6.07, 6.45) is -2.09. The number of carbonyl (C=O) groups excluding carboxylic acids is 1. The highest BCUT2D eigenvalue weighted by Gasteiger charge is 2.21. The van der Waals surface area contributed by atoms with Crippen LogP contribution in [0.4, 0.5) is 5.69 Å². The zero-order chi connectivity index (χ0) is 33.3. The molecule has 0 saturated carbocycles. The molecule has 1 saturated heterocycles. The van der Waals surface area contributed by atoms with Crippen LogP contribution < -0.4 is 14.8 Å². The molecule has 1 aliphatic rings. The topological polar surface area (TPSA) is 74.3 Å². The number of benzene rings is 2. The van der Waals surface area contributed by atoms with Crippen molar-refractivity contribution in [3.63, 3.8) is 0 Å². The molecule has 0 aliphatic carbocycles. The van der Waals surface area contributed by atoms with Gasteiger partial charge in [-0.1, -0.05) is 30.3 Å². The predicted molar refractivity (Wildman–Crippen MR) is 122 cm³/mol. The van der Waals surface area contributed by atoms with Crippen molar-refractivity contribution in [1.82, 2.24) is 9.80 Å². The molecule has 1 unspecified atom stereocenters. The van der Waals surface area contributed by atoms with Gasteiger partial charge in [0.25, 0.3) is 0 Å². The van der Waals surface area contributed by atoms with Crippen LogP contribution in [0.1, 0.15) is 28.9 Å². The van der Waals surface area contributed by atoms with Crippen LogP contribution in [0.2, 0.25) is 0 Å². The van der Waals surface area contributed by atoms with Crippen molar-refractivity contribution in [1.29, 1.82) is 0 Å². The van der Waals surface area contributed by atoms with Gasteiger partial charge in [0.15, 0.2) is 11.5 Å². The summed E-state index contributed by atoms with van der Waals surface area (Å²) in [5, 5.41) is 12.9. The van der Waals surface area contributed by atoms with Gasteiger partial charge in [-0.05, 0) is 37.0 Å². The highest BCUT2D eigenvalue weighted by Crippen LogP contribution is 2.25. The molecule has 1 amide bonds. The minimum absolute atomic E-state index is 0.0425. The van der Waals surface area contributed by atoms with E-state index in [1.54, 1.807) is 21.9 Å². The molecule has 7 heteroatoms. The fourth-order valence-electron chi connectivity index (χ4n) is 3.14. The fraction of sp³-hybridized carbons (Fsp3) is 0.458. The zero-order valence-corrected chi connectivity index (χ0v) is 16.8. The maximum Gasteiger partial charge on any atom is 0.238 e. The molecular weight excluding hydrogens is 394 g/mol. The third kappa shape index (κ3) is 6.69. The van der Waals surface area contributed by atoms with Crippen LogP contribution >= 0.6 is 0 Å². The van der Waals surface area contributed by atoms with Gasteiger partial charge in [-0.15, -0.1) is 0 Å². The molecule has 1 heterocycles. The monoisotopic (exact) mass is 440 g/mol. The summed E-state index contributed by atoms with van der Waals surface area (Å²) in [6.45, 7) is -5.81. The van der Waals surface area contributed by atoms with E-state index in [9.17, 15) is 9.90 Å². The normalized spacial score (nSPS) is 24.4. The van der Waals surface area contributed by atoms with E-state index in [4.69, 9.17) is 27.3 Å². The Hall–Kier alpha value is -2.61. The van der Waals surface area contributed by atoms with E-state index in [0.717, 1.165) is 0 Å². The summed E-state index contributed by atoms with van der Waals surface area (Å²) in [6, 6.07) is 3.35. The first kappa shape index (κ1) is 11.3. The number of aliphatic hydroxyl groups is 1. The molecule has 1 fully saturated rings. The van der Waals surface area contributed by atoms with Crippen molar-refractivity contribution < 1.29 is 37.2 Å². The van der Waals surface area contributed by atoms with Gasteiger partial charge in [0.1, 0.15) is 12.7 Å². The van der Waals surface area contributed by atoms with Crippen molar-refractivity contribution in [2.75, 3.05) is 58.2 Å². The summed E-state index contributed by atoms with van der Waals surface area (Å²) < 4.78 is 111. The Morgan fingerprint density at radius 1 is 1.19 bits per heavy atom. The van der Waals surface area contributed by atoms with Crippen LogP contribution in [-0.4, -0.2) is 79.8 Å². The molecule has 0 bridgehead atoms. The SMILES string of the molecule is [2H]c1c([2H])c(C([2H])([2H])[2H])c(NC(=O)CN2CCN(CC([2H])(O)COc3ccccc3OC([2H])([2H])[2H])CC2)c(C([2H])([2H])[2H])c1[2H]. The zero-order valence-electron chi connectivity index (χ0n) is 29.8. The van der Waals surface area contributed by atoms with E-state index in [1.165, 1.54) is 12.1 Å². The third-order valence-corrected chi connectivity index (χ3v) is 4.73. The van der Waals surface area contributed by atoms with Gasteiger partial charge in [0.2, 0.25) is 5.91 Å². The van der Waals surface area contributed by atoms with E-state index >= 15 is 0 Å². The first-order chi connectivity index (χ1) is 20.1. The van der Waals surface area contributed by atoms with Gasteiger partial charge in [-0.25, -0.2) is 0 Å². The first-order valence-corrected chi connectivity index (χ1v) is 9.61. The Morgan fingerprint density at radius 3 is 2.55 bits per heavy atom. The molecule has 0 radical (unpaired) electrons.